The molecule has 0 aliphatic carbocycles. The van der Waals surface area contributed by atoms with E-state index in [0.717, 1.165) is 11.1 Å². The molecule has 0 heterocycles. The molecule has 0 aromatic heterocycles. The third-order valence-electron chi connectivity index (χ3n) is 3.49. The summed E-state index contributed by atoms with van der Waals surface area (Å²) in [6, 6.07) is 12.0. The van der Waals surface area contributed by atoms with Crippen molar-refractivity contribution in [2.75, 3.05) is 11.1 Å². The smallest absolute Gasteiger partial charge is 0.255 e. The molecular weight excluding hydrogens is 322 g/mol. The van der Waals surface area contributed by atoms with E-state index in [0.29, 0.717) is 11.3 Å². The first-order valence-corrected chi connectivity index (χ1v) is 9.55. The van der Waals surface area contributed by atoms with Gasteiger partial charge in [0.2, 0.25) is 0 Å². The average Bonchev–Trinajstić information content (AvgIpc) is 2.45. The van der Waals surface area contributed by atoms with Crippen molar-refractivity contribution in [3.63, 3.8) is 0 Å². The molecule has 0 atom stereocenters. The van der Waals surface area contributed by atoms with Crippen LogP contribution in [0.4, 0.5) is 5.69 Å². The van der Waals surface area contributed by atoms with Crippen LogP contribution in [-0.4, -0.2) is 20.1 Å². The van der Waals surface area contributed by atoms with Crippen LogP contribution < -0.4 is 5.32 Å². The van der Waals surface area contributed by atoms with Crippen LogP contribution in [0, 0.1) is 19.8 Å². The van der Waals surface area contributed by atoms with E-state index in [1.165, 1.54) is 12.1 Å². The molecular formula is C19H23NO3S. The minimum Gasteiger partial charge on any atom is -0.322 e. The van der Waals surface area contributed by atoms with Gasteiger partial charge in [0, 0.05) is 11.3 Å². The summed E-state index contributed by atoms with van der Waals surface area (Å²) < 4.78 is 24.7. The average molecular weight is 345 g/mol. The first-order valence-electron chi connectivity index (χ1n) is 7.90. The molecule has 2 rings (SSSR count). The number of sulfone groups is 1. The number of benzene rings is 2. The number of hydrogen-bond acceptors (Lipinski definition) is 3. The Hall–Kier alpha value is -2.14. The Balaban J connectivity index is 2.26. The summed E-state index contributed by atoms with van der Waals surface area (Å²) in [6.45, 7) is 7.63. The Bertz CT molecular complexity index is 834. The second-order valence-corrected chi connectivity index (χ2v) is 8.57. The molecule has 0 aliphatic heterocycles. The Morgan fingerprint density at radius 1 is 1.04 bits per heavy atom. The van der Waals surface area contributed by atoms with Gasteiger partial charge >= 0.3 is 0 Å². The molecule has 0 unspecified atom stereocenters. The maximum atomic E-state index is 12.4. The summed E-state index contributed by atoms with van der Waals surface area (Å²) in [7, 11) is -3.38. The fraction of sp³-hybridized carbons (Fsp3) is 0.316. The molecule has 1 N–H and O–H groups in total. The number of amides is 1. The summed E-state index contributed by atoms with van der Waals surface area (Å²) in [5.41, 5.74) is 3.14. The van der Waals surface area contributed by atoms with Crippen LogP contribution in [0.25, 0.3) is 0 Å². The molecule has 5 heteroatoms. The summed E-state index contributed by atoms with van der Waals surface area (Å²) >= 11 is 0. The molecule has 2 aromatic carbocycles. The van der Waals surface area contributed by atoms with Crippen molar-refractivity contribution in [2.45, 2.75) is 32.6 Å². The van der Waals surface area contributed by atoms with Crippen molar-refractivity contribution in [3.8, 4) is 0 Å². The molecule has 128 valence electrons. The van der Waals surface area contributed by atoms with Crippen molar-refractivity contribution < 1.29 is 13.2 Å². The number of carbonyl (C=O) groups is 1. The second kappa shape index (κ2) is 7.18. The Kier molecular flexibility index (Phi) is 5.44. The Morgan fingerprint density at radius 2 is 1.67 bits per heavy atom. The molecule has 0 aliphatic rings. The molecule has 0 saturated heterocycles. The predicted molar refractivity (Wildman–Crippen MR) is 97.2 cm³/mol. The van der Waals surface area contributed by atoms with E-state index in [1.54, 1.807) is 12.1 Å². The number of carbonyl (C=O) groups excluding carboxylic acids is 1. The zero-order valence-corrected chi connectivity index (χ0v) is 15.3. The fourth-order valence-corrected chi connectivity index (χ4v) is 4.28. The third-order valence-corrected chi connectivity index (χ3v) is 5.57. The highest BCUT2D eigenvalue weighted by Crippen LogP contribution is 2.18. The largest absolute Gasteiger partial charge is 0.322 e. The minimum atomic E-state index is -3.38. The topological polar surface area (TPSA) is 63.2 Å². The maximum Gasteiger partial charge on any atom is 0.255 e. The van der Waals surface area contributed by atoms with Gasteiger partial charge in [-0.05, 0) is 61.2 Å². The summed E-state index contributed by atoms with van der Waals surface area (Å²) in [4.78, 5) is 12.6. The van der Waals surface area contributed by atoms with Gasteiger partial charge in [0.25, 0.3) is 5.91 Å². The van der Waals surface area contributed by atoms with E-state index >= 15 is 0 Å². The van der Waals surface area contributed by atoms with E-state index in [1.807, 2.05) is 45.9 Å². The van der Waals surface area contributed by atoms with E-state index < -0.39 is 9.84 Å². The number of aryl methyl sites for hydroxylation is 2. The summed E-state index contributed by atoms with van der Waals surface area (Å²) in [6.07, 6.45) is 0. The summed E-state index contributed by atoms with van der Waals surface area (Å²) in [5.74, 6) is -0.223. The van der Waals surface area contributed by atoms with Crippen LogP contribution >= 0.6 is 0 Å². The molecule has 1 amide bonds. The van der Waals surface area contributed by atoms with Gasteiger partial charge in [0.15, 0.2) is 9.84 Å². The van der Waals surface area contributed by atoms with E-state index in [-0.39, 0.29) is 22.5 Å². The molecule has 24 heavy (non-hydrogen) atoms. The summed E-state index contributed by atoms with van der Waals surface area (Å²) in [5, 5.41) is 2.83. The number of hydrogen-bond donors (Lipinski definition) is 1. The number of nitrogens with one attached hydrogen (secondary N) is 1. The predicted octanol–water partition coefficient (Wildman–Crippen LogP) is 3.99. The van der Waals surface area contributed by atoms with Crippen molar-refractivity contribution in [2.24, 2.45) is 5.92 Å². The van der Waals surface area contributed by atoms with Gasteiger partial charge in [-0.15, -0.1) is 0 Å². The number of anilines is 1. The molecule has 0 spiro atoms. The van der Waals surface area contributed by atoms with Gasteiger partial charge in [-0.25, -0.2) is 8.42 Å². The van der Waals surface area contributed by atoms with Crippen LogP contribution in [-0.2, 0) is 9.84 Å². The highest BCUT2D eigenvalue weighted by atomic mass is 32.2. The van der Waals surface area contributed by atoms with Crippen LogP contribution in [0.3, 0.4) is 0 Å². The SMILES string of the molecule is Cc1cc(C)cc(NC(=O)c2cccc(S(=O)(=O)CC(C)C)c2)c1. The molecule has 0 bridgehead atoms. The highest BCUT2D eigenvalue weighted by Gasteiger charge is 2.18. The molecule has 0 saturated carbocycles. The second-order valence-electron chi connectivity index (χ2n) is 6.53. The quantitative estimate of drug-likeness (QED) is 0.891. The van der Waals surface area contributed by atoms with Gasteiger partial charge in [-0.1, -0.05) is 26.0 Å². The number of rotatable bonds is 5. The van der Waals surface area contributed by atoms with Gasteiger partial charge in [0.1, 0.15) is 0 Å². The lowest BCUT2D eigenvalue weighted by Crippen LogP contribution is -2.15. The van der Waals surface area contributed by atoms with Crippen LogP contribution in [0.5, 0.6) is 0 Å². The molecule has 4 nitrogen and oxygen atoms in total. The van der Waals surface area contributed by atoms with Crippen molar-refractivity contribution in [3.05, 3.63) is 59.2 Å². The van der Waals surface area contributed by atoms with Gasteiger partial charge in [-0.2, -0.15) is 0 Å². The third kappa shape index (κ3) is 4.68. The van der Waals surface area contributed by atoms with Gasteiger partial charge in [0.05, 0.1) is 10.6 Å². The Morgan fingerprint density at radius 3 is 2.25 bits per heavy atom. The highest BCUT2D eigenvalue weighted by molar-refractivity contribution is 7.91. The standard InChI is InChI=1S/C19H23NO3S/c1-13(2)12-24(22,23)18-7-5-6-16(11-18)19(21)20-17-9-14(3)8-15(4)10-17/h5-11,13H,12H2,1-4H3,(H,20,21). The monoisotopic (exact) mass is 345 g/mol. The van der Waals surface area contributed by atoms with Crippen molar-refractivity contribution >= 4 is 21.4 Å². The lowest BCUT2D eigenvalue weighted by Gasteiger charge is -2.10. The lowest BCUT2D eigenvalue weighted by atomic mass is 10.1. The lowest BCUT2D eigenvalue weighted by molar-refractivity contribution is 0.102. The van der Waals surface area contributed by atoms with Crippen LogP contribution in [0.2, 0.25) is 0 Å². The molecule has 0 radical (unpaired) electrons. The van der Waals surface area contributed by atoms with Crippen molar-refractivity contribution in [1.82, 2.24) is 0 Å². The normalized spacial score (nSPS) is 11.5. The first-order chi connectivity index (χ1) is 11.2. The van der Waals surface area contributed by atoms with E-state index in [9.17, 15) is 13.2 Å². The van der Waals surface area contributed by atoms with Crippen LogP contribution in [0.15, 0.2) is 47.4 Å². The van der Waals surface area contributed by atoms with Crippen LogP contribution in [0.1, 0.15) is 35.3 Å². The first kappa shape index (κ1) is 18.2. The van der Waals surface area contributed by atoms with Crippen molar-refractivity contribution in [1.29, 1.82) is 0 Å². The van der Waals surface area contributed by atoms with E-state index in [4.69, 9.17) is 0 Å². The zero-order chi connectivity index (χ0) is 17.9. The maximum absolute atomic E-state index is 12.4. The van der Waals surface area contributed by atoms with Gasteiger partial charge < -0.3 is 5.32 Å². The fourth-order valence-electron chi connectivity index (χ4n) is 2.62. The van der Waals surface area contributed by atoms with Gasteiger partial charge in [-0.3, -0.25) is 4.79 Å². The Labute approximate surface area is 143 Å². The minimum absolute atomic E-state index is 0.0303. The molecule has 0 fully saturated rings. The zero-order valence-electron chi connectivity index (χ0n) is 14.5. The van der Waals surface area contributed by atoms with E-state index in [2.05, 4.69) is 5.32 Å². The molecule has 2 aromatic rings.